The Morgan fingerprint density at radius 3 is 2.68 bits per heavy atom. The molecule has 98 valence electrons. The van der Waals surface area contributed by atoms with Gasteiger partial charge >= 0.3 is 5.97 Å². The van der Waals surface area contributed by atoms with Crippen molar-refractivity contribution in [2.75, 3.05) is 5.73 Å². The molecule has 1 heterocycles. The zero-order valence-corrected chi connectivity index (χ0v) is 10.3. The molecule has 5 nitrogen and oxygen atoms in total. The van der Waals surface area contributed by atoms with Crippen LogP contribution in [0.2, 0.25) is 0 Å². The van der Waals surface area contributed by atoms with Gasteiger partial charge < -0.3 is 10.5 Å². The minimum atomic E-state index is -0.668. The van der Waals surface area contributed by atoms with Gasteiger partial charge in [0.15, 0.2) is 12.4 Å². The predicted molar refractivity (Wildman–Crippen MR) is 66.7 cm³/mol. The number of anilines is 1. The highest BCUT2D eigenvalue weighted by Crippen LogP contribution is 2.18. The molecule has 2 rings (SSSR count). The molecular formula is C13H12FN3O2. The first kappa shape index (κ1) is 12.9. The SMILES string of the molecule is Cc1c(N)cc(C(=O)OCc2ncccn2)cc1F. The number of hydrogen-bond acceptors (Lipinski definition) is 5. The van der Waals surface area contributed by atoms with Gasteiger partial charge in [-0.05, 0) is 25.1 Å². The third-order valence-electron chi connectivity index (χ3n) is 2.57. The summed E-state index contributed by atoms with van der Waals surface area (Å²) in [6.07, 6.45) is 3.08. The molecule has 0 fully saturated rings. The largest absolute Gasteiger partial charge is 0.454 e. The van der Waals surface area contributed by atoms with Gasteiger partial charge in [-0.25, -0.2) is 19.2 Å². The number of nitrogens with two attached hydrogens (primary N) is 1. The Bertz CT molecular complexity index is 579. The van der Waals surface area contributed by atoms with Gasteiger partial charge in [-0.15, -0.1) is 0 Å². The summed E-state index contributed by atoms with van der Waals surface area (Å²) in [5.41, 5.74) is 6.18. The first-order chi connectivity index (χ1) is 9.08. The molecule has 0 aliphatic heterocycles. The molecule has 0 radical (unpaired) electrons. The van der Waals surface area contributed by atoms with E-state index in [4.69, 9.17) is 10.5 Å². The summed E-state index contributed by atoms with van der Waals surface area (Å²) in [7, 11) is 0. The molecule has 19 heavy (non-hydrogen) atoms. The van der Waals surface area contributed by atoms with Crippen molar-refractivity contribution < 1.29 is 13.9 Å². The smallest absolute Gasteiger partial charge is 0.338 e. The molecular weight excluding hydrogens is 249 g/mol. The van der Waals surface area contributed by atoms with Gasteiger partial charge in [0.25, 0.3) is 0 Å². The predicted octanol–water partition coefficient (Wildman–Crippen LogP) is 1.86. The van der Waals surface area contributed by atoms with Gasteiger partial charge in [0.1, 0.15) is 5.82 Å². The lowest BCUT2D eigenvalue weighted by Crippen LogP contribution is -2.09. The second kappa shape index (κ2) is 5.43. The Labute approximate surface area is 109 Å². The number of carbonyl (C=O) groups is 1. The van der Waals surface area contributed by atoms with Crippen molar-refractivity contribution in [3.05, 3.63) is 53.4 Å². The van der Waals surface area contributed by atoms with Gasteiger partial charge in [-0.1, -0.05) is 0 Å². The lowest BCUT2D eigenvalue weighted by Gasteiger charge is -2.07. The van der Waals surface area contributed by atoms with E-state index in [1.165, 1.54) is 13.0 Å². The van der Waals surface area contributed by atoms with E-state index < -0.39 is 11.8 Å². The monoisotopic (exact) mass is 261 g/mol. The summed E-state index contributed by atoms with van der Waals surface area (Å²) >= 11 is 0. The minimum Gasteiger partial charge on any atom is -0.454 e. The zero-order valence-electron chi connectivity index (χ0n) is 10.3. The van der Waals surface area contributed by atoms with Crippen molar-refractivity contribution in [3.63, 3.8) is 0 Å². The van der Waals surface area contributed by atoms with Gasteiger partial charge in [-0.3, -0.25) is 0 Å². The Hall–Kier alpha value is -2.50. The lowest BCUT2D eigenvalue weighted by atomic mass is 10.1. The summed E-state index contributed by atoms with van der Waals surface area (Å²) in [6, 6.07) is 4.13. The number of aromatic nitrogens is 2. The van der Waals surface area contributed by atoms with E-state index in [-0.39, 0.29) is 17.9 Å². The van der Waals surface area contributed by atoms with Gasteiger partial charge in [0.05, 0.1) is 5.56 Å². The number of carbonyl (C=O) groups excluding carboxylic acids is 1. The molecule has 1 aromatic carbocycles. The Morgan fingerprint density at radius 1 is 1.37 bits per heavy atom. The van der Waals surface area contributed by atoms with Crippen molar-refractivity contribution in [1.29, 1.82) is 0 Å². The van der Waals surface area contributed by atoms with Crippen LogP contribution >= 0.6 is 0 Å². The summed E-state index contributed by atoms with van der Waals surface area (Å²) in [4.78, 5) is 19.5. The number of benzene rings is 1. The van der Waals surface area contributed by atoms with Crippen LogP contribution in [0.25, 0.3) is 0 Å². The fourth-order valence-corrected chi connectivity index (χ4v) is 1.44. The third kappa shape index (κ3) is 3.04. The summed E-state index contributed by atoms with van der Waals surface area (Å²) in [5, 5.41) is 0. The number of halogens is 1. The van der Waals surface area contributed by atoms with E-state index >= 15 is 0 Å². The quantitative estimate of drug-likeness (QED) is 0.674. The van der Waals surface area contributed by atoms with E-state index in [1.807, 2.05) is 0 Å². The standard InChI is InChI=1S/C13H12FN3O2/c1-8-10(14)5-9(6-11(8)15)13(18)19-7-12-16-3-2-4-17-12/h2-6H,7,15H2,1H3. The van der Waals surface area contributed by atoms with Crippen LogP contribution in [-0.2, 0) is 11.3 Å². The maximum absolute atomic E-state index is 13.5. The Morgan fingerprint density at radius 2 is 2.05 bits per heavy atom. The van der Waals surface area contributed by atoms with Crippen LogP contribution in [0.15, 0.2) is 30.6 Å². The van der Waals surface area contributed by atoms with Crippen LogP contribution in [0.5, 0.6) is 0 Å². The number of rotatable bonds is 3. The van der Waals surface area contributed by atoms with E-state index in [2.05, 4.69) is 9.97 Å². The summed E-state index contributed by atoms with van der Waals surface area (Å²) < 4.78 is 18.4. The number of hydrogen-bond donors (Lipinski definition) is 1. The maximum atomic E-state index is 13.5. The second-order valence-corrected chi connectivity index (χ2v) is 3.91. The molecule has 0 aliphatic carbocycles. The first-order valence-corrected chi connectivity index (χ1v) is 5.56. The van der Waals surface area contributed by atoms with Crippen LogP contribution in [0.4, 0.5) is 10.1 Å². The topological polar surface area (TPSA) is 78.1 Å². The van der Waals surface area contributed by atoms with Crippen molar-refractivity contribution in [1.82, 2.24) is 9.97 Å². The first-order valence-electron chi connectivity index (χ1n) is 5.56. The van der Waals surface area contributed by atoms with Crippen LogP contribution in [-0.4, -0.2) is 15.9 Å². The van der Waals surface area contributed by atoms with E-state index in [9.17, 15) is 9.18 Å². The molecule has 0 spiro atoms. The molecule has 2 aromatic rings. The molecule has 1 aromatic heterocycles. The highest BCUT2D eigenvalue weighted by atomic mass is 19.1. The van der Waals surface area contributed by atoms with Gasteiger partial charge in [0.2, 0.25) is 0 Å². The molecule has 0 atom stereocenters. The van der Waals surface area contributed by atoms with Crippen molar-refractivity contribution in [3.8, 4) is 0 Å². The highest BCUT2D eigenvalue weighted by Gasteiger charge is 2.12. The Kier molecular flexibility index (Phi) is 3.70. The van der Waals surface area contributed by atoms with Crippen LogP contribution in [0, 0.1) is 12.7 Å². The molecule has 0 aliphatic rings. The summed E-state index contributed by atoms with van der Waals surface area (Å²) in [6.45, 7) is 1.46. The van der Waals surface area contributed by atoms with Gasteiger partial charge in [-0.2, -0.15) is 0 Å². The number of nitrogen functional groups attached to an aromatic ring is 1. The molecule has 2 N–H and O–H groups in total. The number of nitrogens with zero attached hydrogens (tertiary/aromatic N) is 2. The molecule has 6 heteroatoms. The fraction of sp³-hybridized carbons (Fsp3) is 0.154. The number of ether oxygens (including phenoxy) is 1. The highest BCUT2D eigenvalue weighted by molar-refractivity contribution is 5.90. The van der Waals surface area contributed by atoms with E-state index in [0.29, 0.717) is 11.4 Å². The zero-order chi connectivity index (χ0) is 13.8. The molecule has 0 saturated heterocycles. The van der Waals surface area contributed by atoms with Crippen LogP contribution < -0.4 is 5.73 Å². The Balaban J connectivity index is 2.08. The number of esters is 1. The molecule has 0 unspecified atom stereocenters. The van der Waals surface area contributed by atoms with E-state index in [1.54, 1.807) is 18.5 Å². The molecule has 0 bridgehead atoms. The molecule has 0 amide bonds. The van der Waals surface area contributed by atoms with E-state index in [0.717, 1.165) is 6.07 Å². The second-order valence-electron chi connectivity index (χ2n) is 3.91. The maximum Gasteiger partial charge on any atom is 0.338 e. The lowest BCUT2D eigenvalue weighted by molar-refractivity contribution is 0.0461. The summed E-state index contributed by atoms with van der Waals surface area (Å²) in [5.74, 6) is -0.836. The fourth-order valence-electron chi connectivity index (χ4n) is 1.44. The van der Waals surface area contributed by atoms with Crippen molar-refractivity contribution in [2.24, 2.45) is 0 Å². The van der Waals surface area contributed by atoms with Crippen molar-refractivity contribution in [2.45, 2.75) is 13.5 Å². The molecule has 0 saturated carbocycles. The third-order valence-corrected chi connectivity index (χ3v) is 2.57. The van der Waals surface area contributed by atoms with Crippen molar-refractivity contribution >= 4 is 11.7 Å². The normalized spacial score (nSPS) is 10.2. The van der Waals surface area contributed by atoms with Crippen LogP contribution in [0.1, 0.15) is 21.7 Å². The van der Waals surface area contributed by atoms with Gasteiger partial charge in [0, 0.05) is 23.6 Å². The minimum absolute atomic E-state index is 0.0662. The average Bonchev–Trinajstić information content (AvgIpc) is 2.42. The average molecular weight is 261 g/mol. The van der Waals surface area contributed by atoms with Crippen LogP contribution in [0.3, 0.4) is 0 Å².